The van der Waals surface area contributed by atoms with Crippen molar-refractivity contribution in [3.05, 3.63) is 75.9 Å². The van der Waals surface area contributed by atoms with E-state index in [9.17, 15) is 14.0 Å². The van der Waals surface area contributed by atoms with E-state index in [4.69, 9.17) is 11.6 Å². The van der Waals surface area contributed by atoms with E-state index in [1.165, 1.54) is 35.1 Å². The lowest BCUT2D eigenvalue weighted by molar-refractivity contribution is -0.117. The van der Waals surface area contributed by atoms with Crippen LogP contribution in [0.5, 0.6) is 0 Å². The van der Waals surface area contributed by atoms with Crippen molar-refractivity contribution in [3.8, 4) is 5.69 Å². The highest BCUT2D eigenvalue weighted by Gasteiger charge is 2.15. The highest BCUT2D eigenvalue weighted by Crippen LogP contribution is 2.20. The Labute approximate surface area is 162 Å². The standard InChI is InChI=1S/C18H12ClFN6O2/c19-14-3-1-2-4-15(14)22-16(27)10-25-18(28)13-9-21-26(17(13)23-24-25)12-7-5-11(20)6-8-12/h1-9H,10H2,(H,22,27). The van der Waals surface area contributed by atoms with Crippen molar-refractivity contribution in [1.29, 1.82) is 0 Å². The average molecular weight is 399 g/mol. The lowest BCUT2D eigenvalue weighted by atomic mass is 10.3. The molecular formula is C18H12ClFN6O2. The third-order valence-corrected chi connectivity index (χ3v) is 4.30. The Hall–Kier alpha value is -3.59. The van der Waals surface area contributed by atoms with Crippen LogP contribution in [0.1, 0.15) is 0 Å². The van der Waals surface area contributed by atoms with Crippen molar-refractivity contribution in [2.24, 2.45) is 0 Å². The molecule has 0 aliphatic rings. The van der Waals surface area contributed by atoms with Gasteiger partial charge >= 0.3 is 0 Å². The number of halogens is 2. The summed E-state index contributed by atoms with van der Waals surface area (Å²) in [5, 5.41) is 15.1. The molecule has 1 amide bonds. The summed E-state index contributed by atoms with van der Waals surface area (Å²) in [5.41, 5.74) is 0.645. The quantitative estimate of drug-likeness (QED) is 0.569. The fourth-order valence-electron chi connectivity index (χ4n) is 2.63. The normalized spacial score (nSPS) is 10.9. The zero-order valence-electron chi connectivity index (χ0n) is 14.2. The van der Waals surface area contributed by atoms with Gasteiger partial charge in [0.15, 0.2) is 5.65 Å². The molecule has 0 bridgehead atoms. The van der Waals surface area contributed by atoms with Gasteiger partial charge in [-0.25, -0.2) is 13.8 Å². The Morgan fingerprint density at radius 3 is 2.64 bits per heavy atom. The molecule has 4 rings (SSSR count). The molecule has 0 spiro atoms. The zero-order chi connectivity index (χ0) is 19.7. The number of para-hydroxylation sites is 1. The zero-order valence-corrected chi connectivity index (χ0v) is 15.0. The van der Waals surface area contributed by atoms with Crippen molar-refractivity contribution in [2.75, 3.05) is 5.32 Å². The lowest BCUT2D eigenvalue weighted by Gasteiger charge is -2.07. The van der Waals surface area contributed by atoms with E-state index < -0.39 is 17.3 Å². The summed E-state index contributed by atoms with van der Waals surface area (Å²) in [7, 11) is 0. The van der Waals surface area contributed by atoms with Crippen LogP contribution in [0.4, 0.5) is 10.1 Å². The number of anilines is 1. The minimum atomic E-state index is -0.521. The molecule has 0 radical (unpaired) electrons. The molecular weight excluding hydrogens is 387 g/mol. The van der Waals surface area contributed by atoms with E-state index in [2.05, 4.69) is 20.7 Å². The molecule has 140 valence electrons. The third kappa shape index (κ3) is 3.35. The van der Waals surface area contributed by atoms with Gasteiger partial charge in [0.25, 0.3) is 5.56 Å². The molecule has 4 aromatic rings. The number of nitrogens with zero attached hydrogens (tertiary/aromatic N) is 5. The summed E-state index contributed by atoms with van der Waals surface area (Å²) in [6.07, 6.45) is 1.33. The van der Waals surface area contributed by atoms with Crippen LogP contribution >= 0.6 is 11.6 Å². The Kier molecular flexibility index (Phi) is 4.58. The predicted octanol–water partition coefficient (Wildman–Crippen LogP) is 2.41. The largest absolute Gasteiger partial charge is 0.323 e. The molecule has 1 N–H and O–H groups in total. The summed E-state index contributed by atoms with van der Waals surface area (Å²) in [6.45, 7) is -0.339. The van der Waals surface area contributed by atoms with E-state index in [-0.39, 0.29) is 17.6 Å². The van der Waals surface area contributed by atoms with Crippen LogP contribution in [0.15, 0.2) is 59.5 Å². The summed E-state index contributed by atoms with van der Waals surface area (Å²) >= 11 is 6.01. The molecule has 2 heterocycles. The van der Waals surface area contributed by atoms with Gasteiger partial charge < -0.3 is 5.32 Å². The molecule has 0 atom stereocenters. The maximum atomic E-state index is 13.1. The van der Waals surface area contributed by atoms with Gasteiger partial charge in [-0.2, -0.15) is 5.10 Å². The molecule has 0 saturated carbocycles. The van der Waals surface area contributed by atoms with Gasteiger partial charge in [0.2, 0.25) is 5.91 Å². The van der Waals surface area contributed by atoms with Crippen LogP contribution in [0.3, 0.4) is 0 Å². The van der Waals surface area contributed by atoms with Crippen LogP contribution in [0, 0.1) is 5.82 Å². The van der Waals surface area contributed by atoms with Crippen molar-refractivity contribution in [2.45, 2.75) is 6.54 Å². The summed E-state index contributed by atoms with van der Waals surface area (Å²) < 4.78 is 15.4. The number of hydrogen-bond acceptors (Lipinski definition) is 5. The second-order valence-corrected chi connectivity index (χ2v) is 6.26. The molecule has 0 saturated heterocycles. The smallest absolute Gasteiger partial charge is 0.281 e. The first-order valence-electron chi connectivity index (χ1n) is 8.15. The van der Waals surface area contributed by atoms with Gasteiger partial charge in [-0.1, -0.05) is 28.9 Å². The number of amides is 1. The number of fused-ring (bicyclic) bond motifs is 1. The third-order valence-electron chi connectivity index (χ3n) is 3.97. The highest BCUT2D eigenvalue weighted by atomic mass is 35.5. The monoisotopic (exact) mass is 398 g/mol. The number of aromatic nitrogens is 5. The van der Waals surface area contributed by atoms with Crippen molar-refractivity contribution >= 4 is 34.2 Å². The Morgan fingerprint density at radius 1 is 1.14 bits per heavy atom. The minimum absolute atomic E-state index is 0.185. The first-order valence-corrected chi connectivity index (χ1v) is 8.52. The first kappa shape index (κ1) is 17.8. The van der Waals surface area contributed by atoms with Crippen LogP contribution < -0.4 is 10.9 Å². The van der Waals surface area contributed by atoms with Crippen LogP contribution in [0.25, 0.3) is 16.7 Å². The number of carbonyl (C=O) groups is 1. The fourth-order valence-corrected chi connectivity index (χ4v) is 2.81. The molecule has 0 aliphatic heterocycles. The van der Waals surface area contributed by atoms with Gasteiger partial charge in [0.1, 0.15) is 17.7 Å². The number of carbonyl (C=O) groups excluding carboxylic acids is 1. The van der Waals surface area contributed by atoms with E-state index in [0.29, 0.717) is 16.4 Å². The first-order chi connectivity index (χ1) is 13.5. The van der Waals surface area contributed by atoms with Gasteiger partial charge in [-0.15, -0.1) is 5.10 Å². The number of benzene rings is 2. The fraction of sp³-hybridized carbons (Fsp3) is 0.0556. The molecule has 0 fully saturated rings. The molecule has 0 aliphatic carbocycles. The lowest BCUT2D eigenvalue weighted by Crippen LogP contribution is -2.30. The topological polar surface area (TPSA) is 94.7 Å². The predicted molar refractivity (Wildman–Crippen MR) is 101 cm³/mol. The second kappa shape index (κ2) is 7.20. The molecule has 0 unspecified atom stereocenters. The molecule has 2 aromatic carbocycles. The summed E-state index contributed by atoms with van der Waals surface area (Å²) in [5.74, 6) is -0.868. The maximum absolute atomic E-state index is 13.1. The van der Waals surface area contributed by atoms with Gasteiger partial charge in [-0.3, -0.25) is 9.59 Å². The number of rotatable bonds is 4. The molecule has 8 nitrogen and oxygen atoms in total. The number of nitrogens with one attached hydrogen (secondary N) is 1. The van der Waals surface area contributed by atoms with Crippen molar-refractivity contribution in [3.63, 3.8) is 0 Å². The minimum Gasteiger partial charge on any atom is -0.323 e. The van der Waals surface area contributed by atoms with Crippen molar-refractivity contribution < 1.29 is 9.18 Å². The Bertz CT molecular complexity index is 1240. The maximum Gasteiger partial charge on any atom is 0.281 e. The van der Waals surface area contributed by atoms with Crippen LogP contribution in [-0.2, 0) is 11.3 Å². The van der Waals surface area contributed by atoms with Gasteiger partial charge in [0.05, 0.1) is 22.6 Å². The van der Waals surface area contributed by atoms with E-state index in [0.717, 1.165) is 4.68 Å². The van der Waals surface area contributed by atoms with Crippen LogP contribution in [-0.4, -0.2) is 30.7 Å². The van der Waals surface area contributed by atoms with E-state index in [1.807, 2.05) is 0 Å². The van der Waals surface area contributed by atoms with Crippen molar-refractivity contribution in [1.82, 2.24) is 24.8 Å². The van der Waals surface area contributed by atoms with Crippen LogP contribution in [0.2, 0.25) is 5.02 Å². The number of hydrogen-bond donors (Lipinski definition) is 1. The molecule has 2 aromatic heterocycles. The highest BCUT2D eigenvalue weighted by molar-refractivity contribution is 6.33. The van der Waals surface area contributed by atoms with E-state index in [1.54, 1.807) is 24.3 Å². The molecule has 10 heteroatoms. The second-order valence-electron chi connectivity index (χ2n) is 5.85. The van der Waals surface area contributed by atoms with Gasteiger partial charge in [-0.05, 0) is 36.4 Å². The Balaban J connectivity index is 1.62. The molecule has 28 heavy (non-hydrogen) atoms. The SMILES string of the molecule is O=C(Cn1nnc2c(cnn2-c2ccc(F)cc2)c1=O)Nc1ccccc1Cl. The Morgan fingerprint density at radius 2 is 1.89 bits per heavy atom. The average Bonchev–Trinajstić information content (AvgIpc) is 3.11. The van der Waals surface area contributed by atoms with Gasteiger partial charge in [0, 0.05) is 0 Å². The summed E-state index contributed by atoms with van der Waals surface area (Å²) in [6, 6.07) is 12.3. The van der Waals surface area contributed by atoms with E-state index >= 15 is 0 Å². The summed E-state index contributed by atoms with van der Waals surface area (Å²) in [4.78, 5) is 24.9.